The highest BCUT2D eigenvalue weighted by Crippen LogP contribution is 2.36. The lowest BCUT2D eigenvalue weighted by molar-refractivity contribution is -0.122. The summed E-state index contributed by atoms with van der Waals surface area (Å²) in [7, 11) is 0. The van der Waals surface area contributed by atoms with E-state index in [1.165, 1.54) is 16.2 Å². The van der Waals surface area contributed by atoms with Gasteiger partial charge in [0.05, 0.1) is 16.9 Å². The summed E-state index contributed by atoms with van der Waals surface area (Å²) >= 11 is 1.33. The van der Waals surface area contributed by atoms with Crippen LogP contribution in [0.4, 0.5) is 16.4 Å². The Bertz CT molecular complexity index is 1110. The topological polar surface area (TPSA) is 105 Å². The predicted molar refractivity (Wildman–Crippen MR) is 122 cm³/mol. The van der Waals surface area contributed by atoms with Gasteiger partial charge in [-0.2, -0.15) is 0 Å². The van der Waals surface area contributed by atoms with Gasteiger partial charge in [0, 0.05) is 23.3 Å². The number of anilines is 3. The Kier molecular flexibility index (Phi) is 6.01. The Morgan fingerprint density at radius 3 is 2.66 bits per heavy atom. The summed E-state index contributed by atoms with van der Waals surface area (Å²) in [6.07, 6.45) is 1.85. The summed E-state index contributed by atoms with van der Waals surface area (Å²) in [4.78, 5) is 52.7. The Morgan fingerprint density at radius 1 is 1.22 bits per heavy atom. The minimum atomic E-state index is -0.656. The molecular weight excluding hydrogens is 430 g/mol. The van der Waals surface area contributed by atoms with Crippen LogP contribution in [0.3, 0.4) is 0 Å². The fourth-order valence-electron chi connectivity index (χ4n) is 3.76. The van der Waals surface area contributed by atoms with Gasteiger partial charge in [0.15, 0.2) is 6.61 Å². The van der Waals surface area contributed by atoms with Crippen LogP contribution in [0.1, 0.15) is 47.0 Å². The van der Waals surface area contributed by atoms with Crippen molar-refractivity contribution < 1.29 is 23.9 Å². The van der Waals surface area contributed by atoms with E-state index in [9.17, 15) is 19.2 Å². The summed E-state index contributed by atoms with van der Waals surface area (Å²) in [6, 6.07) is 6.63. The average molecular weight is 456 g/mol. The summed E-state index contributed by atoms with van der Waals surface area (Å²) in [5.74, 6) is -1.36. The molecule has 0 saturated heterocycles. The van der Waals surface area contributed by atoms with Crippen LogP contribution in [0.15, 0.2) is 24.3 Å². The highest BCUT2D eigenvalue weighted by Gasteiger charge is 2.33. The van der Waals surface area contributed by atoms with E-state index in [4.69, 9.17) is 4.74 Å². The summed E-state index contributed by atoms with van der Waals surface area (Å²) in [6.45, 7) is 4.96. The van der Waals surface area contributed by atoms with Crippen molar-refractivity contribution in [2.45, 2.75) is 46.1 Å². The molecule has 9 heteroatoms. The largest absolute Gasteiger partial charge is 0.452 e. The molecule has 1 fully saturated rings. The first kappa shape index (κ1) is 22.0. The third kappa shape index (κ3) is 4.38. The van der Waals surface area contributed by atoms with Gasteiger partial charge in [0.2, 0.25) is 11.8 Å². The van der Waals surface area contributed by atoms with Gasteiger partial charge in [0.25, 0.3) is 5.91 Å². The van der Waals surface area contributed by atoms with Crippen LogP contribution in [0.2, 0.25) is 0 Å². The van der Waals surface area contributed by atoms with E-state index in [1.54, 1.807) is 38.1 Å². The van der Waals surface area contributed by atoms with Gasteiger partial charge in [-0.3, -0.25) is 14.4 Å². The van der Waals surface area contributed by atoms with Gasteiger partial charge in [-0.05, 0) is 51.3 Å². The highest BCUT2D eigenvalue weighted by molar-refractivity contribution is 7.16. The van der Waals surface area contributed by atoms with E-state index in [1.807, 2.05) is 6.92 Å². The maximum Gasteiger partial charge on any atom is 0.341 e. The average Bonchev–Trinajstić information content (AvgIpc) is 3.55. The first-order chi connectivity index (χ1) is 15.3. The molecule has 1 aromatic carbocycles. The lowest BCUT2D eigenvalue weighted by atomic mass is 10.1. The quantitative estimate of drug-likeness (QED) is 0.670. The molecule has 168 valence electrons. The van der Waals surface area contributed by atoms with Gasteiger partial charge in [-0.15, -0.1) is 11.3 Å². The van der Waals surface area contributed by atoms with Crippen LogP contribution in [-0.2, 0) is 19.1 Å². The van der Waals surface area contributed by atoms with Crippen LogP contribution < -0.4 is 15.5 Å². The Balaban J connectivity index is 1.50. The molecule has 1 saturated carbocycles. The molecule has 0 radical (unpaired) electrons. The van der Waals surface area contributed by atoms with Crippen LogP contribution in [0, 0.1) is 19.8 Å². The van der Waals surface area contributed by atoms with Crippen molar-refractivity contribution in [3.63, 3.8) is 0 Å². The maximum absolute atomic E-state index is 13.1. The molecule has 2 aliphatic rings. The normalized spacial score (nSPS) is 17.8. The smallest absolute Gasteiger partial charge is 0.341 e. The highest BCUT2D eigenvalue weighted by atomic mass is 32.1. The molecule has 2 N–H and O–H groups in total. The lowest BCUT2D eigenvalue weighted by Gasteiger charge is -2.27. The van der Waals surface area contributed by atoms with Gasteiger partial charge in [0.1, 0.15) is 5.00 Å². The van der Waals surface area contributed by atoms with Crippen molar-refractivity contribution in [3.8, 4) is 0 Å². The van der Waals surface area contributed by atoms with E-state index < -0.39 is 24.5 Å². The molecular formula is C23H25N3O5S. The summed E-state index contributed by atoms with van der Waals surface area (Å²) in [5, 5.41) is 6.09. The molecule has 8 nitrogen and oxygen atoms in total. The Morgan fingerprint density at radius 2 is 1.94 bits per heavy atom. The van der Waals surface area contributed by atoms with E-state index in [-0.39, 0.29) is 29.7 Å². The number of thiophene rings is 1. The second kappa shape index (κ2) is 8.74. The molecule has 0 bridgehead atoms. The van der Waals surface area contributed by atoms with Gasteiger partial charge in [-0.25, -0.2) is 4.79 Å². The number of rotatable bonds is 5. The Hall–Kier alpha value is -3.20. The third-order valence-corrected chi connectivity index (χ3v) is 6.85. The SMILES string of the molecule is Cc1sc(NC(=O)C2CC2)c(C(=O)OCC(=O)N2c3ccccc3NC(=O)CC2C)c1C. The van der Waals surface area contributed by atoms with Crippen molar-refractivity contribution in [2.75, 3.05) is 22.1 Å². The van der Waals surface area contributed by atoms with Crippen molar-refractivity contribution >= 4 is 51.4 Å². The molecule has 1 aliphatic heterocycles. The molecule has 32 heavy (non-hydrogen) atoms. The fourth-order valence-corrected chi connectivity index (χ4v) is 4.81. The molecule has 4 rings (SSSR count). The number of amides is 3. The zero-order valence-corrected chi connectivity index (χ0v) is 19.0. The number of benzene rings is 1. The van der Waals surface area contributed by atoms with E-state index in [2.05, 4.69) is 10.6 Å². The number of nitrogens with zero attached hydrogens (tertiary/aromatic N) is 1. The van der Waals surface area contributed by atoms with E-state index in [0.717, 1.165) is 23.3 Å². The number of carbonyl (C=O) groups excluding carboxylic acids is 4. The van der Waals surface area contributed by atoms with E-state index in [0.29, 0.717) is 16.4 Å². The van der Waals surface area contributed by atoms with Crippen molar-refractivity contribution in [1.29, 1.82) is 0 Å². The van der Waals surface area contributed by atoms with Crippen molar-refractivity contribution in [1.82, 2.24) is 0 Å². The maximum atomic E-state index is 13.1. The van der Waals surface area contributed by atoms with Crippen LogP contribution in [-0.4, -0.2) is 36.3 Å². The van der Waals surface area contributed by atoms with Crippen molar-refractivity contribution in [2.24, 2.45) is 5.92 Å². The number of nitrogens with one attached hydrogen (secondary N) is 2. The molecule has 3 amide bonds. The predicted octanol–water partition coefficient (Wildman–Crippen LogP) is 3.63. The van der Waals surface area contributed by atoms with E-state index >= 15 is 0 Å². The number of ether oxygens (including phenoxy) is 1. The number of para-hydroxylation sites is 2. The molecule has 2 heterocycles. The van der Waals surface area contributed by atoms with Crippen LogP contribution in [0.5, 0.6) is 0 Å². The number of esters is 1. The van der Waals surface area contributed by atoms with Gasteiger partial charge >= 0.3 is 5.97 Å². The molecule has 2 aromatic rings. The minimum absolute atomic E-state index is 0.00377. The molecule has 1 aliphatic carbocycles. The minimum Gasteiger partial charge on any atom is -0.452 e. The van der Waals surface area contributed by atoms with Crippen LogP contribution in [0.25, 0.3) is 0 Å². The number of aryl methyl sites for hydroxylation is 1. The zero-order valence-electron chi connectivity index (χ0n) is 18.2. The zero-order chi connectivity index (χ0) is 23.0. The second-order valence-electron chi connectivity index (χ2n) is 8.21. The molecule has 1 unspecified atom stereocenters. The number of hydrogen-bond donors (Lipinski definition) is 2. The van der Waals surface area contributed by atoms with Gasteiger partial charge < -0.3 is 20.3 Å². The number of carbonyl (C=O) groups is 4. The first-order valence-corrected chi connectivity index (χ1v) is 11.4. The standard InChI is InChI=1S/C23H25N3O5S/c1-12-10-18(27)24-16-6-4-5-7-17(16)26(12)19(28)11-31-23(30)20-13(2)14(3)32-22(20)25-21(29)15-8-9-15/h4-7,12,15H,8-11H2,1-3H3,(H,24,27)(H,25,29). The van der Waals surface area contributed by atoms with Crippen molar-refractivity contribution in [3.05, 3.63) is 40.3 Å². The monoisotopic (exact) mass is 455 g/mol. The Labute approximate surface area is 189 Å². The summed E-state index contributed by atoms with van der Waals surface area (Å²) in [5.41, 5.74) is 2.11. The molecule has 1 atom stereocenters. The van der Waals surface area contributed by atoms with Crippen LogP contribution >= 0.6 is 11.3 Å². The number of fused-ring (bicyclic) bond motifs is 1. The van der Waals surface area contributed by atoms with Gasteiger partial charge in [-0.1, -0.05) is 12.1 Å². The summed E-state index contributed by atoms with van der Waals surface area (Å²) < 4.78 is 5.39. The first-order valence-electron chi connectivity index (χ1n) is 10.5. The molecule has 1 aromatic heterocycles. The molecule has 0 spiro atoms. The lowest BCUT2D eigenvalue weighted by Crippen LogP contribution is -2.41. The number of hydrogen-bond acceptors (Lipinski definition) is 6. The third-order valence-electron chi connectivity index (χ3n) is 5.73. The fraction of sp³-hybridized carbons (Fsp3) is 0.391. The second-order valence-corrected chi connectivity index (χ2v) is 9.43.